The molecule has 3 aromatic heterocycles. The van der Waals surface area contributed by atoms with Gasteiger partial charge in [0.2, 0.25) is 5.91 Å². The van der Waals surface area contributed by atoms with E-state index in [-0.39, 0.29) is 12.3 Å². The van der Waals surface area contributed by atoms with E-state index in [1.165, 1.54) is 0 Å². The third-order valence-electron chi connectivity index (χ3n) is 4.31. The molecule has 0 spiro atoms. The van der Waals surface area contributed by atoms with Crippen LogP contribution in [0.3, 0.4) is 0 Å². The first-order valence-electron chi connectivity index (χ1n) is 8.47. The number of nitrogens with one attached hydrogen (secondary N) is 1. The van der Waals surface area contributed by atoms with Gasteiger partial charge in [-0.25, -0.2) is 9.97 Å². The van der Waals surface area contributed by atoms with Crippen molar-refractivity contribution in [2.75, 3.05) is 7.11 Å². The lowest BCUT2D eigenvalue weighted by atomic mass is 10.1. The van der Waals surface area contributed by atoms with Crippen LogP contribution < -0.4 is 10.1 Å². The summed E-state index contributed by atoms with van der Waals surface area (Å²) >= 11 is 0. The molecule has 4 rings (SSSR count). The molecule has 27 heavy (non-hydrogen) atoms. The van der Waals surface area contributed by atoms with Crippen molar-refractivity contribution < 1.29 is 13.9 Å². The summed E-state index contributed by atoms with van der Waals surface area (Å²) in [6.07, 6.45) is 8.76. The monoisotopic (exact) mass is 362 g/mol. The van der Waals surface area contributed by atoms with Gasteiger partial charge in [-0.15, -0.1) is 0 Å². The Bertz CT molecular complexity index is 1070. The fourth-order valence-electron chi connectivity index (χ4n) is 2.94. The highest BCUT2D eigenvalue weighted by atomic mass is 16.5. The number of rotatable bonds is 6. The normalized spacial score (nSPS) is 10.9. The number of nitrogens with zero attached hydrogens (tertiary/aromatic N) is 3. The zero-order valence-corrected chi connectivity index (χ0v) is 14.8. The summed E-state index contributed by atoms with van der Waals surface area (Å²) in [5, 5.41) is 3.86. The molecular weight excluding hydrogens is 344 g/mol. The summed E-state index contributed by atoms with van der Waals surface area (Å²) in [6.45, 7) is 0.379. The zero-order chi connectivity index (χ0) is 18.6. The number of carbonyl (C=O) groups excluding carboxylic acids is 1. The van der Waals surface area contributed by atoms with Crippen LogP contribution in [-0.2, 0) is 17.8 Å². The van der Waals surface area contributed by atoms with Gasteiger partial charge in [-0.3, -0.25) is 9.36 Å². The van der Waals surface area contributed by atoms with E-state index in [4.69, 9.17) is 9.15 Å². The van der Waals surface area contributed by atoms with E-state index in [1.54, 1.807) is 32.1 Å². The SMILES string of the molecule is COc1ccc2c(CC(=O)NCc3cccnc3-n3ccnc3)coc2c1. The zero-order valence-electron chi connectivity index (χ0n) is 14.8. The molecule has 136 valence electrons. The standard InChI is InChI=1S/C20H18N4O3/c1-26-16-4-5-17-15(12-27-18(17)10-16)9-19(25)23-11-14-3-2-6-22-20(14)24-8-7-21-13-24/h2-8,10,12-13H,9,11H2,1H3,(H,23,25). The van der Waals surface area contributed by atoms with Gasteiger partial charge in [0, 0.05) is 47.7 Å². The summed E-state index contributed by atoms with van der Waals surface area (Å²) in [7, 11) is 1.61. The van der Waals surface area contributed by atoms with Gasteiger partial charge in [0.1, 0.15) is 23.5 Å². The van der Waals surface area contributed by atoms with E-state index in [9.17, 15) is 4.79 Å². The van der Waals surface area contributed by atoms with Crippen molar-refractivity contribution in [3.8, 4) is 11.6 Å². The van der Waals surface area contributed by atoms with Crippen LogP contribution in [0.25, 0.3) is 16.8 Å². The third kappa shape index (κ3) is 3.52. The number of hydrogen-bond acceptors (Lipinski definition) is 5. The predicted octanol–water partition coefficient (Wildman–Crippen LogP) is 2.88. The van der Waals surface area contributed by atoms with Gasteiger partial charge in [0.05, 0.1) is 19.8 Å². The van der Waals surface area contributed by atoms with E-state index in [0.717, 1.165) is 28.1 Å². The van der Waals surface area contributed by atoms with Gasteiger partial charge in [0.25, 0.3) is 0 Å². The number of pyridine rings is 1. The Morgan fingerprint density at radius 2 is 2.19 bits per heavy atom. The molecule has 4 aromatic rings. The van der Waals surface area contributed by atoms with E-state index >= 15 is 0 Å². The second kappa shape index (κ2) is 7.33. The van der Waals surface area contributed by atoms with Crippen molar-refractivity contribution in [3.63, 3.8) is 0 Å². The van der Waals surface area contributed by atoms with Crippen molar-refractivity contribution in [2.45, 2.75) is 13.0 Å². The minimum Gasteiger partial charge on any atom is -0.497 e. The molecule has 0 aliphatic carbocycles. The molecule has 1 aromatic carbocycles. The summed E-state index contributed by atoms with van der Waals surface area (Å²) in [5.74, 6) is 1.38. The molecule has 0 saturated heterocycles. The van der Waals surface area contributed by atoms with Gasteiger partial charge in [-0.1, -0.05) is 6.07 Å². The average molecular weight is 362 g/mol. The molecule has 1 N–H and O–H groups in total. The number of furan rings is 1. The Hall–Kier alpha value is -3.61. The predicted molar refractivity (Wildman–Crippen MR) is 99.7 cm³/mol. The number of benzene rings is 1. The summed E-state index contributed by atoms with van der Waals surface area (Å²) in [4.78, 5) is 20.9. The number of ether oxygens (including phenoxy) is 1. The van der Waals surface area contributed by atoms with Crippen LogP contribution >= 0.6 is 0 Å². The van der Waals surface area contributed by atoms with Crippen molar-refractivity contribution in [3.05, 3.63) is 72.6 Å². The fourth-order valence-corrected chi connectivity index (χ4v) is 2.94. The molecule has 0 bridgehead atoms. The van der Waals surface area contributed by atoms with Crippen LogP contribution in [0.4, 0.5) is 0 Å². The minimum atomic E-state index is -0.0889. The number of hydrogen-bond donors (Lipinski definition) is 1. The molecule has 0 fully saturated rings. The van der Waals surface area contributed by atoms with Gasteiger partial charge in [-0.2, -0.15) is 0 Å². The quantitative estimate of drug-likeness (QED) is 0.570. The second-order valence-electron chi connectivity index (χ2n) is 6.03. The highest BCUT2D eigenvalue weighted by molar-refractivity contribution is 5.88. The van der Waals surface area contributed by atoms with Gasteiger partial charge in [-0.05, 0) is 18.2 Å². The largest absolute Gasteiger partial charge is 0.497 e. The molecule has 0 aliphatic heterocycles. The van der Waals surface area contributed by atoms with Gasteiger partial charge < -0.3 is 14.5 Å². The molecule has 7 heteroatoms. The molecule has 0 aliphatic rings. The lowest BCUT2D eigenvalue weighted by Gasteiger charge is -2.10. The number of methoxy groups -OCH3 is 1. The van der Waals surface area contributed by atoms with Gasteiger partial charge >= 0.3 is 0 Å². The maximum Gasteiger partial charge on any atom is 0.224 e. The van der Waals surface area contributed by atoms with E-state index in [1.807, 2.05) is 41.1 Å². The Morgan fingerprint density at radius 1 is 1.26 bits per heavy atom. The Morgan fingerprint density at radius 3 is 3.00 bits per heavy atom. The Kier molecular flexibility index (Phi) is 4.57. The third-order valence-corrected chi connectivity index (χ3v) is 4.31. The maximum absolute atomic E-state index is 12.4. The molecule has 0 atom stereocenters. The molecule has 0 unspecified atom stereocenters. The number of carbonyl (C=O) groups is 1. The fraction of sp³-hybridized carbons (Fsp3) is 0.150. The molecule has 1 amide bonds. The number of imidazole rings is 1. The lowest BCUT2D eigenvalue weighted by molar-refractivity contribution is -0.120. The van der Waals surface area contributed by atoms with Crippen molar-refractivity contribution >= 4 is 16.9 Å². The Labute approximate surface area is 155 Å². The topological polar surface area (TPSA) is 82.2 Å². The van der Waals surface area contributed by atoms with Crippen molar-refractivity contribution in [2.24, 2.45) is 0 Å². The molecule has 3 heterocycles. The molecule has 0 radical (unpaired) electrons. The minimum absolute atomic E-state index is 0.0889. The van der Waals surface area contributed by atoms with E-state index in [2.05, 4.69) is 15.3 Å². The van der Waals surface area contributed by atoms with Crippen LogP contribution in [0.2, 0.25) is 0 Å². The molecular formula is C20H18N4O3. The number of fused-ring (bicyclic) bond motifs is 1. The second-order valence-corrected chi connectivity index (χ2v) is 6.03. The highest BCUT2D eigenvalue weighted by Gasteiger charge is 2.12. The summed E-state index contributed by atoms with van der Waals surface area (Å²) < 4.78 is 12.6. The number of aromatic nitrogens is 3. The van der Waals surface area contributed by atoms with Crippen LogP contribution in [0.1, 0.15) is 11.1 Å². The van der Waals surface area contributed by atoms with Crippen LogP contribution in [0, 0.1) is 0 Å². The summed E-state index contributed by atoms with van der Waals surface area (Å²) in [5.41, 5.74) is 2.45. The van der Waals surface area contributed by atoms with Crippen LogP contribution in [-0.4, -0.2) is 27.6 Å². The van der Waals surface area contributed by atoms with E-state index in [0.29, 0.717) is 12.1 Å². The first kappa shape index (κ1) is 16.8. The van der Waals surface area contributed by atoms with Crippen LogP contribution in [0.15, 0.2) is 65.9 Å². The van der Waals surface area contributed by atoms with Gasteiger partial charge in [0.15, 0.2) is 0 Å². The average Bonchev–Trinajstić information content (AvgIpc) is 3.36. The van der Waals surface area contributed by atoms with Crippen LogP contribution in [0.5, 0.6) is 5.75 Å². The van der Waals surface area contributed by atoms with E-state index < -0.39 is 0 Å². The maximum atomic E-state index is 12.4. The molecule has 0 saturated carbocycles. The molecule has 7 nitrogen and oxygen atoms in total. The first-order valence-corrected chi connectivity index (χ1v) is 8.47. The smallest absolute Gasteiger partial charge is 0.224 e. The summed E-state index contributed by atoms with van der Waals surface area (Å²) in [6, 6.07) is 9.34. The van der Waals surface area contributed by atoms with Crippen molar-refractivity contribution in [1.29, 1.82) is 0 Å². The lowest BCUT2D eigenvalue weighted by Crippen LogP contribution is -2.25. The highest BCUT2D eigenvalue weighted by Crippen LogP contribution is 2.25. The first-order chi connectivity index (χ1) is 13.2. The Balaban J connectivity index is 1.45. The number of amides is 1. The van der Waals surface area contributed by atoms with Crippen molar-refractivity contribution in [1.82, 2.24) is 19.9 Å².